The van der Waals surface area contributed by atoms with Crippen molar-refractivity contribution in [1.82, 2.24) is 16.0 Å². The lowest BCUT2D eigenvalue weighted by atomic mass is 10.1. The van der Waals surface area contributed by atoms with Gasteiger partial charge in [-0.2, -0.15) is 11.8 Å². The highest BCUT2D eigenvalue weighted by Crippen LogP contribution is 2.05. The predicted octanol–water partition coefficient (Wildman–Crippen LogP) is -3.49. The molecule has 35 heavy (non-hydrogen) atoms. The molecule has 5 unspecified atom stereocenters. The molecule has 0 saturated carbocycles. The lowest BCUT2D eigenvalue weighted by Gasteiger charge is -2.25. The van der Waals surface area contributed by atoms with Crippen LogP contribution in [-0.2, 0) is 24.0 Å². The number of hydrogen-bond acceptors (Lipinski definition) is 9. The van der Waals surface area contributed by atoms with Crippen LogP contribution >= 0.6 is 11.8 Å². The summed E-state index contributed by atoms with van der Waals surface area (Å²) < 4.78 is 0. The summed E-state index contributed by atoms with van der Waals surface area (Å²) in [7, 11) is 0. The van der Waals surface area contributed by atoms with E-state index >= 15 is 0 Å². The van der Waals surface area contributed by atoms with Crippen LogP contribution in [0.3, 0.4) is 0 Å². The van der Waals surface area contributed by atoms with Gasteiger partial charge in [-0.1, -0.05) is 0 Å². The molecule has 0 fully saturated rings. The van der Waals surface area contributed by atoms with E-state index in [0.717, 1.165) is 0 Å². The summed E-state index contributed by atoms with van der Waals surface area (Å²) in [5.41, 5.74) is 16.2. The molecule has 0 aromatic carbocycles. The summed E-state index contributed by atoms with van der Waals surface area (Å²) in [5, 5.41) is 34.7. The number of guanidine groups is 1. The van der Waals surface area contributed by atoms with Crippen LogP contribution in [0.5, 0.6) is 0 Å². The summed E-state index contributed by atoms with van der Waals surface area (Å²) >= 11 is 1.35. The maximum absolute atomic E-state index is 12.8. The summed E-state index contributed by atoms with van der Waals surface area (Å²) in [6.45, 7) is 1.39. The first kappa shape index (κ1) is 31.9. The maximum atomic E-state index is 12.8. The summed E-state index contributed by atoms with van der Waals surface area (Å²) in [4.78, 5) is 64.0. The van der Waals surface area contributed by atoms with E-state index in [1.54, 1.807) is 6.26 Å². The second kappa shape index (κ2) is 16.5. The number of aliphatic hydroxyl groups excluding tert-OH is 1. The second-order valence-corrected chi connectivity index (χ2v) is 8.61. The molecule has 0 aliphatic heterocycles. The number of amides is 3. The van der Waals surface area contributed by atoms with Crippen molar-refractivity contribution in [2.45, 2.75) is 62.9 Å². The van der Waals surface area contributed by atoms with Gasteiger partial charge in [0.15, 0.2) is 12.0 Å². The van der Waals surface area contributed by atoms with Gasteiger partial charge in [0.2, 0.25) is 17.7 Å². The Balaban J connectivity index is 5.37. The van der Waals surface area contributed by atoms with E-state index in [-0.39, 0.29) is 25.3 Å². The lowest BCUT2D eigenvalue weighted by Crippen LogP contribution is -2.58. The maximum Gasteiger partial charge on any atom is 0.328 e. The number of hydrogen-bond donors (Lipinski definition) is 9. The van der Waals surface area contributed by atoms with Crippen molar-refractivity contribution in [2.24, 2.45) is 22.2 Å². The molecule has 200 valence electrons. The van der Waals surface area contributed by atoms with Crippen molar-refractivity contribution in [1.29, 1.82) is 0 Å². The topological polar surface area (TPSA) is 273 Å². The summed E-state index contributed by atoms with van der Waals surface area (Å²) in [5.74, 6) is -5.26. The fraction of sp³-hybridized carbons (Fsp3) is 0.684. The van der Waals surface area contributed by atoms with Gasteiger partial charge in [-0.15, -0.1) is 0 Å². The first-order valence-corrected chi connectivity index (χ1v) is 12.0. The molecule has 12 N–H and O–H groups in total. The zero-order valence-corrected chi connectivity index (χ0v) is 20.4. The molecule has 5 atom stereocenters. The quantitative estimate of drug-likeness (QED) is 0.0512. The Morgan fingerprint density at radius 2 is 1.51 bits per heavy atom. The number of carbonyl (C=O) groups is 5. The molecule has 0 saturated heterocycles. The van der Waals surface area contributed by atoms with Crippen molar-refractivity contribution in [3.8, 4) is 0 Å². The molecule has 0 spiro atoms. The van der Waals surface area contributed by atoms with Gasteiger partial charge in [-0.05, 0) is 38.2 Å². The third kappa shape index (κ3) is 13.4. The van der Waals surface area contributed by atoms with E-state index in [1.165, 1.54) is 18.7 Å². The monoisotopic (exact) mass is 521 g/mol. The van der Waals surface area contributed by atoms with E-state index in [1.807, 2.05) is 0 Å². The van der Waals surface area contributed by atoms with Crippen LogP contribution in [-0.4, -0.2) is 99.8 Å². The molecule has 0 aliphatic rings. The van der Waals surface area contributed by atoms with E-state index in [4.69, 9.17) is 27.4 Å². The van der Waals surface area contributed by atoms with E-state index in [9.17, 15) is 29.1 Å². The standard InChI is InChI=1S/C19H35N7O8S/c1-9(27)14(18(33)34)26-16(31)11(5-7-35-2)24-17(32)12(8-13(28)29)25-15(30)10(20)4-3-6-23-19(21)22/h9-12,14,27H,3-8,20H2,1-2H3,(H,24,32)(H,25,30)(H,26,31)(H,28,29)(H,33,34)(H4,21,22,23). The van der Waals surface area contributed by atoms with Gasteiger partial charge in [0.1, 0.15) is 12.1 Å². The Hall–Kier alpha value is -3.11. The van der Waals surface area contributed by atoms with Crippen LogP contribution in [0.4, 0.5) is 0 Å². The summed E-state index contributed by atoms with van der Waals surface area (Å²) in [6.07, 6.45) is 0.116. The fourth-order valence-corrected chi connectivity index (χ4v) is 3.20. The lowest BCUT2D eigenvalue weighted by molar-refractivity contribution is -0.145. The van der Waals surface area contributed by atoms with E-state index < -0.39 is 66.4 Å². The number of carbonyl (C=O) groups excluding carboxylic acids is 3. The van der Waals surface area contributed by atoms with E-state index in [2.05, 4.69) is 20.9 Å². The number of carboxylic acids is 2. The van der Waals surface area contributed by atoms with Crippen molar-refractivity contribution in [3.63, 3.8) is 0 Å². The van der Waals surface area contributed by atoms with Gasteiger partial charge in [-0.25, -0.2) is 4.79 Å². The van der Waals surface area contributed by atoms with Crippen LogP contribution in [0.15, 0.2) is 4.99 Å². The minimum Gasteiger partial charge on any atom is -0.481 e. The molecule has 0 aliphatic carbocycles. The van der Waals surface area contributed by atoms with Crippen molar-refractivity contribution < 1.29 is 39.3 Å². The highest BCUT2D eigenvalue weighted by atomic mass is 32.2. The number of thioether (sulfide) groups is 1. The van der Waals surface area contributed by atoms with Crippen molar-refractivity contribution in [2.75, 3.05) is 18.6 Å². The molecular weight excluding hydrogens is 486 g/mol. The Morgan fingerprint density at radius 1 is 0.943 bits per heavy atom. The Kier molecular flexibility index (Phi) is 15.0. The van der Waals surface area contributed by atoms with Crippen molar-refractivity contribution in [3.05, 3.63) is 0 Å². The predicted molar refractivity (Wildman–Crippen MR) is 128 cm³/mol. The van der Waals surface area contributed by atoms with Crippen LogP contribution in [0.25, 0.3) is 0 Å². The highest BCUT2D eigenvalue weighted by molar-refractivity contribution is 7.98. The molecule has 15 nitrogen and oxygen atoms in total. The molecular formula is C19H35N7O8S. The molecule has 16 heteroatoms. The highest BCUT2D eigenvalue weighted by Gasteiger charge is 2.32. The molecule has 0 aromatic rings. The molecule has 0 aromatic heterocycles. The first-order chi connectivity index (χ1) is 16.3. The molecule has 0 radical (unpaired) electrons. The van der Waals surface area contributed by atoms with Crippen LogP contribution in [0.2, 0.25) is 0 Å². The normalized spacial score (nSPS) is 15.0. The number of nitrogens with two attached hydrogens (primary N) is 3. The number of nitrogens with one attached hydrogen (secondary N) is 3. The largest absolute Gasteiger partial charge is 0.481 e. The van der Waals surface area contributed by atoms with Crippen LogP contribution in [0.1, 0.15) is 32.6 Å². The van der Waals surface area contributed by atoms with Gasteiger partial charge in [-0.3, -0.25) is 24.2 Å². The smallest absolute Gasteiger partial charge is 0.328 e. The molecule has 0 heterocycles. The SMILES string of the molecule is CSCCC(NC(=O)C(CC(=O)O)NC(=O)C(N)CCCN=C(N)N)C(=O)NC(C(=O)O)C(C)O. The Labute approximate surface area is 206 Å². The van der Waals surface area contributed by atoms with Crippen LogP contribution < -0.4 is 33.2 Å². The number of aliphatic carboxylic acids is 2. The van der Waals surface area contributed by atoms with Gasteiger partial charge in [0.25, 0.3) is 0 Å². The number of aliphatic hydroxyl groups is 1. The van der Waals surface area contributed by atoms with Gasteiger partial charge in [0, 0.05) is 6.54 Å². The minimum atomic E-state index is -1.62. The molecule has 0 rings (SSSR count). The Morgan fingerprint density at radius 3 is 2.00 bits per heavy atom. The number of aliphatic imine (C=N–C) groups is 1. The Bertz CT molecular complexity index is 776. The van der Waals surface area contributed by atoms with Gasteiger partial charge in [0.05, 0.1) is 18.6 Å². The zero-order valence-electron chi connectivity index (χ0n) is 19.6. The third-order valence-electron chi connectivity index (χ3n) is 4.61. The second-order valence-electron chi connectivity index (χ2n) is 7.62. The number of rotatable bonds is 17. The van der Waals surface area contributed by atoms with Gasteiger partial charge >= 0.3 is 11.9 Å². The minimum absolute atomic E-state index is 0.0724. The molecule has 3 amide bonds. The average Bonchev–Trinajstić information content (AvgIpc) is 2.75. The van der Waals surface area contributed by atoms with Crippen molar-refractivity contribution >= 4 is 47.4 Å². The van der Waals surface area contributed by atoms with Crippen LogP contribution in [0, 0.1) is 0 Å². The average molecular weight is 522 g/mol. The molecule has 0 bridgehead atoms. The zero-order chi connectivity index (χ0) is 27.1. The summed E-state index contributed by atoms with van der Waals surface area (Å²) in [6, 6.07) is -5.51. The third-order valence-corrected chi connectivity index (χ3v) is 5.25. The number of carboxylic acid groups (broad SMARTS) is 2. The van der Waals surface area contributed by atoms with E-state index in [0.29, 0.717) is 12.2 Å². The van der Waals surface area contributed by atoms with Gasteiger partial charge < -0.3 is 48.5 Å². The number of nitrogens with zero attached hydrogens (tertiary/aromatic N) is 1. The first-order valence-electron chi connectivity index (χ1n) is 10.6. The fourth-order valence-electron chi connectivity index (χ4n) is 2.73.